The van der Waals surface area contributed by atoms with E-state index in [4.69, 9.17) is 0 Å². The van der Waals surface area contributed by atoms with Crippen LogP contribution in [0.4, 0.5) is 0 Å². The van der Waals surface area contributed by atoms with Gasteiger partial charge in [0.05, 0.1) is 5.75 Å². The maximum atomic E-state index is 12.8. The van der Waals surface area contributed by atoms with Gasteiger partial charge in [-0.1, -0.05) is 25.7 Å². The molecule has 1 aliphatic carbocycles. The molecule has 0 spiro atoms. The highest BCUT2D eigenvalue weighted by Gasteiger charge is 2.49. The summed E-state index contributed by atoms with van der Waals surface area (Å²) < 4.78 is 22.8. The van der Waals surface area contributed by atoms with E-state index in [9.17, 15) is 23.1 Å². The number of hydrogen-bond acceptors (Lipinski definition) is 4. The first-order chi connectivity index (χ1) is 10.2. The molecule has 1 saturated heterocycles. The third kappa shape index (κ3) is 3.80. The smallest absolute Gasteiger partial charge is 0.319 e. The van der Waals surface area contributed by atoms with Crippen molar-refractivity contribution < 1.29 is 23.1 Å². The van der Waals surface area contributed by atoms with Gasteiger partial charge in [0.2, 0.25) is 5.91 Å². The number of aliphatic carboxylic acids is 1. The van der Waals surface area contributed by atoms with Gasteiger partial charge in [0.15, 0.2) is 0 Å². The number of rotatable bonds is 4. The number of hydrogen-bond donors (Lipinski definition) is 1. The predicted octanol–water partition coefficient (Wildman–Crippen LogP) is 1.30. The molecule has 2 rings (SSSR count). The van der Waals surface area contributed by atoms with E-state index < -0.39 is 21.2 Å². The summed E-state index contributed by atoms with van der Waals surface area (Å²) in [6.45, 7) is 0.828. The summed E-state index contributed by atoms with van der Waals surface area (Å²) >= 11 is 0. The topological polar surface area (TPSA) is 91.8 Å². The number of carboxylic acid groups (broad SMARTS) is 1. The van der Waals surface area contributed by atoms with Crippen molar-refractivity contribution in [2.24, 2.45) is 11.3 Å². The molecule has 0 aromatic rings. The quantitative estimate of drug-likeness (QED) is 0.619. The summed E-state index contributed by atoms with van der Waals surface area (Å²) in [5.74, 6) is -1.34. The highest BCUT2D eigenvalue weighted by molar-refractivity contribution is 7.90. The average molecular weight is 331 g/mol. The van der Waals surface area contributed by atoms with Crippen molar-refractivity contribution in [3.63, 3.8) is 0 Å². The van der Waals surface area contributed by atoms with Crippen LogP contribution in [-0.2, 0) is 19.4 Å². The van der Waals surface area contributed by atoms with E-state index in [0.717, 1.165) is 25.7 Å². The van der Waals surface area contributed by atoms with E-state index >= 15 is 0 Å². The number of amides is 1. The van der Waals surface area contributed by atoms with E-state index in [1.54, 1.807) is 4.90 Å². The minimum absolute atomic E-state index is 0.0663. The fraction of sp³-hybridized carbons (Fsp3) is 0.867. The Morgan fingerprint density at radius 1 is 1.18 bits per heavy atom. The number of sulfone groups is 1. The van der Waals surface area contributed by atoms with Gasteiger partial charge in [-0.2, -0.15) is 0 Å². The summed E-state index contributed by atoms with van der Waals surface area (Å²) in [6, 6.07) is 0. The van der Waals surface area contributed by atoms with Crippen molar-refractivity contribution >= 4 is 21.7 Å². The molecule has 0 radical (unpaired) electrons. The predicted molar refractivity (Wildman–Crippen MR) is 82.2 cm³/mol. The average Bonchev–Trinajstić information content (AvgIpc) is 2.71. The number of nitrogens with zero attached hydrogens (tertiary/aromatic N) is 1. The van der Waals surface area contributed by atoms with Gasteiger partial charge in [-0.05, 0) is 25.2 Å². The van der Waals surface area contributed by atoms with Crippen LogP contribution < -0.4 is 0 Å². The SMILES string of the molecule is CS(=O)(=O)CC1CCN(C(=O)C2(C(=O)O)CCCCCC2)C1. The molecule has 126 valence electrons. The van der Waals surface area contributed by atoms with Gasteiger partial charge < -0.3 is 10.0 Å². The molecular formula is C15H25NO5S. The standard InChI is InChI=1S/C15H25NO5S/c1-22(20,21)11-12-6-9-16(10-12)13(17)15(14(18)19)7-4-2-3-5-8-15/h12H,2-11H2,1H3,(H,18,19). The highest BCUT2D eigenvalue weighted by Crippen LogP contribution is 2.38. The molecule has 1 aliphatic heterocycles. The van der Waals surface area contributed by atoms with Crippen LogP contribution in [0, 0.1) is 11.3 Å². The summed E-state index contributed by atoms with van der Waals surface area (Å²) in [5, 5.41) is 9.65. The summed E-state index contributed by atoms with van der Waals surface area (Å²) in [4.78, 5) is 26.2. The van der Waals surface area contributed by atoms with Crippen molar-refractivity contribution in [2.45, 2.75) is 44.9 Å². The zero-order valence-electron chi connectivity index (χ0n) is 13.1. The largest absolute Gasteiger partial charge is 0.480 e. The number of carbonyl (C=O) groups is 2. The molecule has 0 aromatic heterocycles. The molecule has 6 nitrogen and oxygen atoms in total. The van der Waals surface area contributed by atoms with Crippen LogP contribution in [0.3, 0.4) is 0 Å². The molecule has 0 aromatic carbocycles. The number of carbonyl (C=O) groups excluding carboxylic acids is 1. The Balaban J connectivity index is 2.10. The summed E-state index contributed by atoms with van der Waals surface area (Å²) in [5.41, 5.74) is -1.30. The second-order valence-electron chi connectivity index (χ2n) is 6.80. The molecule has 7 heteroatoms. The fourth-order valence-electron chi connectivity index (χ4n) is 3.74. The van der Waals surface area contributed by atoms with Crippen LogP contribution in [-0.4, -0.2) is 55.4 Å². The first-order valence-electron chi connectivity index (χ1n) is 7.95. The second kappa shape index (κ2) is 6.56. The van der Waals surface area contributed by atoms with Crippen molar-refractivity contribution in [2.75, 3.05) is 25.1 Å². The van der Waals surface area contributed by atoms with Crippen LogP contribution in [0.5, 0.6) is 0 Å². The molecule has 1 amide bonds. The van der Waals surface area contributed by atoms with Crippen LogP contribution in [0.2, 0.25) is 0 Å². The van der Waals surface area contributed by atoms with E-state index in [1.807, 2.05) is 0 Å². The van der Waals surface area contributed by atoms with E-state index in [0.29, 0.717) is 32.4 Å². The van der Waals surface area contributed by atoms with Gasteiger partial charge in [-0.15, -0.1) is 0 Å². The molecule has 22 heavy (non-hydrogen) atoms. The molecule has 1 unspecified atom stereocenters. The third-order valence-corrected chi connectivity index (χ3v) is 5.96. The molecule has 0 bridgehead atoms. The molecule has 1 atom stereocenters. The van der Waals surface area contributed by atoms with Gasteiger partial charge in [0, 0.05) is 19.3 Å². The first-order valence-corrected chi connectivity index (χ1v) is 10.0. The molecule has 2 aliphatic rings. The lowest BCUT2D eigenvalue weighted by Crippen LogP contribution is -2.48. The Labute approximate surface area is 131 Å². The van der Waals surface area contributed by atoms with Gasteiger partial charge in [-0.25, -0.2) is 8.42 Å². The lowest BCUT2D eigenvalue weighted by Gasteiger charge is -2.31. The Kier molecular flexibility index (Phi) is 5.14. The maximum Gasteiger partial charge on any atom is 0.319 e. The Morgan fingerprint density at radius 2 is 1.77 bits per heavy atom. The second-order valence-corrected chi connectivity index (χ2v) is 8.98. The fourth-order valence-corrected chi connectivity index (χ4v) is 4.86. The lowest BCUT2D eigenvalue weighted by atomic mass is 9.79. The van der Waals surface area contributed by atoms with Gasteiger partial charge in [0.25, 0.3) is 0 Å². The summed E-state index contributed by atoms with van der Waals surface area (Å²) in [6.07, 6.45) is 6.09. The van der Waals surface area contributed by atoms with Gasteiger partial charge >= 0.3 is 5.97 Å². The molecule has 1 heterocycles. The first kappa shape index (κ1) is 17.2. The van der Waals surface area contributed by atoms with Crippen LogP contribution in [0.25, 0.3) is 0 Å². The molecule has 1 saturated carbocycles. The monoisotopic (exact) mass is 331 g/mol. The minimum Gasteiger partial charge on any atom is -0.480 e. The maximum absolute atomic E-state index is 12.8. The number of carboxylic acids is 1. The van der Waals surface area contributed by atoms with Crippen molar-refractivity contribution in [1.29, 1.82) is 0 Å². The van der Waals surface area contributed by atoms with Crippen LogP contribution in [0.15, 0.2) is 0 Å². The normalized spacial score (nSPS) is 25.7. The highest BCUT2D eigenvalue weighted by atomic mass is 32.2. The molecular weight excluding hydrogens is 306 g/mol. The van der Waals surface area contributed by atoms with Crippen molar-refractivity contribution in [3.05, 3.63) is 0 Å². The van der Waals surface area contributed by atoms with Gasteiger partial charge in [-0.3, -0.25) is 9.59 Å². The number of likely N-dealkylation sites (tertiary alicyclic amines) is 1. The van der Waals surface area contributed by atoms with E-state index in [-0.39, 0.29) is 17.6 Å². The zero-order chi connectivity index (χ0) is 16.4. The Bertz CT molecular complexity index is 534. The molecule has 1 N–H and O–H groups in total. The third-order valence-electron chi connectivity index (χ3n) is 4.89. The Morgan fingerprint density at radius 3 is 2.27 bits per heavy atom. The van der Waals surface area contributed by atoms with Gasteiger partial charge in [0.1, 0.15) is 15.3 Å². The van der Waals surface area contributed by atoms with Crippen molar-refractivity contribution in [1.82, 2.24) is 4.90 Å². The molecule has 2 fully saturated rings. The van der Waals surface area contributed by atoms with E-state index in [1.165, 1.54) is 6.26 Å². The van der Waals surface area contributed by atoms with Crippen LogP contribution in [0.1, 0.15) is 44.9 Å². The van der Waals surface area contributed by atoms with Crippen LogP contribution >= 0.6 is 0 Å². The lowest BCUT2D eigenvalue weighted by molar-refractivity contribution is -0.161. The zero-order valence-corrected chi connectivity index (χ0v) is 13.9. The minimum atomic E-state index is -3.07. The van der Waals surface area contributed by atoms with Crippen molar-refractivity contribution in [3.8, 4) is 0 Å². The van der Waals surface area contributed by atoms with E-state index in [2.05, 4.69) is 0 Å². The Hall–Kier alpha value is -1.11. The summed E-state index contributed by atoms with van der Waals surface area (Å²) in [7, 11) is -3.07.